The van der Waals surface area contributed by atoms with Crippen LogP contribution in [0.2, 0.25) is 0 Å². The lowest BCUT2D eigenvalue weighted by atomic mass is 9.90. The van der Waals surface area contributed by atoms with Gasteiger partial charge in [-0.3, -0.25) is 9.59 Å². The van der Waals surface area contributed by atoms with Crippen LogP contribution in [0.5, 0.6) is 5.75 Å². The number of hydrogen-bond acceptors (Lipinski definition) is 5. The largest absolute Gasteiger partial charge is 0.491 e. The summed E-state index contributed by atoms with van der Waals surface area (Å²) in [6, 6.07) is 13.2. The summed E-state index contributed by atoms with van der Waals surface area (Å²) < 4.78 is 5.86. The van der Waals surface area contributed by atoms with E-state index in [-0.39, 0.29) is 17.7 Å². The molecule has 1 aliphatic heterocycles. The fourth-order valence-corrected chi connectivity index (χ4v) is 3.31. The van der Waals surface area contributed by atoms with Crippen molar-refractivity contribution in [2.24, 2.45) is 7.05 Å². The van der Waals surface area contributed by atoms with Crippen molar-refractivity contribution in [3.63, 3.8) is 0 Å². The van der Waals surface area contributed by atoms with E-state index in [1.807, 2.05) is 30.3 Å². The molecule has 8 heteroatoms. The Morgan fingerprint density at radius 1 is 1.18 bits per heavy atom. The summed E-state index contributed by atoms with van der Waals surface area (Å²) in [4.78, 5) is 26.5. The normalized spacial score (nSPS) is 14.9. The van der Waals surface area contributed by atoms with E-state index < -0.39 is 0 Å². The summed E-state index contributed by atoms with van der Waals surface area (Å²) >= 11 is 0. The highest BCUT2D eigenvalue weighted by Crippen LogP contribution is 2.41. The summed E-state index contributed by atoms with van der Waals surface area (Å²) in [6.07, 6.45) is 1.46. The minimum absolute atomic E-state index is 0.0520. The lowest BCUT2D eigenvalue weighted by Crippen LogP contribution is -2.20. The second-order valence-corrected chi connectivity index (χ2v) is 6.47. The molecule has 0 bridgehead atoms. The lowest BCUT2D eigenvalue weighted by Gasteiger charge is -2.12. The first kappa shape index (κ1) is 17.7. The van der Waals surface area contributed by atoms with Crippen molar-refractivity contribution in [1.29, 1.82) is 0 Å². The molecule has 3 aromatic rings. The van der Waals surface area contributed by atoms with Crippen LogP contribution in [-0.2, 0) is 7.05 Å². The van der Waals surface area contributed by atoms with Crippen LogP contribution in [0.4, 0.5) is 5.82 Å². The molecule has 4 rings (SSSR count). The standard InChI is InChI=1S/C20H19N5O3/c1-21-20(27)15-9-13(19(26)23-17-10-22-25(2)24-17)8-14-16(11-28-18(14)15)12-6-4-3-5-7-12/h3-10,16H,11H2,1-2H3,(H,21,27)(H,23,24,26). The number of anilines is 1. The molecular formula is C20H19N5O3. The van der Waals surface area contributed by atoms with Gasteiger partial charge in [0.15, 0.2) is 5.82 Å². The number of aryl methyl sites for hydroxylation is 1. The fraction of sp³-hybridized carbons (Fsp3) is 0.200. The molecule has 1 unspecified atom stereocenters. The SMILES string of the molecule is CNC(=O)c1cc(C(=O)Nc2cnn(C)n2)cc2c1OCC2c1ccccc1. The van der Waals surface area contributed by atoms with Gasteiger partial charge in [0.05, 0.1) is 18.4 Å². The number of ether oxygens (including phenoxy) is 1. The van der Waals surface area contributed by atoms with Crippen molar-refractivity contribution >= 4 is 17.6 Å². The first-order chi connectivity index (χ1) is 13.6. The van der Waals surface area contributed by atoms with E-state index in [0.29, 0.717) is 29.3 Å². The molecule has 0 aliphatic carbocycles. The minimum Gasteiger partial charge on any atom is -0.491 e. The van der Waals surface area contributed by atoms with Gasteiger partial charge in [-0.25, -0.2) is 0 Å². The number of rotatable bonds is 4. The number of nitrogens with zero attached hydrogens (tertiary/aromatic N) is 3. The molecule has 0 spiro atoms. The van der Waals surface area contributed by atoms with Crippen LogP contribution in [0, 0.1) is 0 Å². The first-order valence-electron chi connectivity index (χ1n) is 8.82. The van der Waals surface area contributed by atoms with Gasteiger partial charge in [0.25, 0.3) is 11.8 Å². The van der Waals surface area contributed by atoms with E-state index in [2.05, 4.69) is 20.8 Å². The molecular weight excluding hydrogens is 358 g/mol. The van der Waals surface area contributed by atoms with E-state index in [1.54, 1.807) is 20.2 Å². The number of amides is 2. The van der Waals surface area contributed by atoms with Crippen molar-refractivity contribution in [3.05, 3.63) is 70.9 Å². The maximum absolute atomic E-state index is 12.8. The van der Waals surface area contributed by atoms with Crippen LogP contribution >= 0.6 is 0 Å². The zero-order chi connectivity index (χ0) is 19.7. The van der Waals surface area contributed by atoms with Gasteiger partial charge in [-0.05, 0) is 17.7 Å². The number of benzene rings is 2. The number of aromatic nitrogens is 3. The lowest BCUT2D eigenvalue weighted by molar-refractivity contribution is 0.0960. The van der Waals surface area contributed by atoms with Crippen LogP contribution < -0.4 is 15.4 Å². The topological polar surface area (TPSA) is 98.1 Å². The highest BCUT2D eigenvalue weighted by Gasteiger charge is 2.31. The van der Waals surface area contributed by atoms with Gasteiger partial charge in [0.2, 0.25) is 0 Å². The van der Waals surface area contributed by atoms with Gasteiger partial charge in [-0.1, -0.05) is 30.3 Å². The third kappa shape index (κ3) is 3.20. The average molecular weight is 377 g/mol. The molecule has 1 aromatic heterocycles. The first-order valence-corrected chi connectivity index (χ1v) is 8.82. The van der Waals surface area contributed by atoms with E-state index in [0.717, 1.165) is 11.1 Å². The van der Waals surface area contributed by atoms with Crippen molar-refractivity contribution in [2.75, 3.05) is 19.0 Å². The van der Waals surface area contributed by atoms with E-state index in [1.165, 1.54) is 17.1 Å². The zero-order valence-electron chi connectivity index (χ0n) is 15.5. The van der Waals surface area contributed by atoms with Crippen LogP contribution in [0.25, 0.3) is 0 Å². The van der Waals surface area contributed by atoms with Gasteiger partial charge in [-0.15, -0.1) is 5.10 Å². The van der Waals surface area contributed by atoms with Gasteiger partial charge in [0, 0.05) is 31.1 Å². The second kappa shape index (κ2) is 7.15. The molecule has 1 atom stereocenters. The summed E-state index contributed by atoms with van der Waals surface area (Å²) in [5.41, 5.74) is 2.57. The van der Waals surface area contributed by atoms with Gasteiger partial charge < -0.3 is 15.4 Å². The maximum atomic E-state index is 12.8. The molecule has 0 radical (unpaired) electrons. The third-order valence-electron chi connectivity index (χ3n) is 4.66. The maximum Gasteiger partial charge on any atom is 0.256 e. The summed E-state index contributed by atoms with van der Waals surface area (Å²) in [5, 5.41) is 13.3. The fourth-order valence-electron chi connectivity index (χ4n) is 3.31. The number of carbonyl (C=O) groups excluding carboxylic acids is 2. The molecule has 8 nitrogen and oxygen atoms in total. The predicted octanol–water partition coefficient (Wildman–Crippen LogP) is 1.95. The number of fused-ring (bicyclic) bond motifs is 1. The Bertz CT molecular complexity index is 1050. The molecule has 142 valence electrons. The quantitative estimate of drug-likeness (QED) is 0.724. The molecule has 2 N–H and O–H groups in total. The molecule has 2 heterocycles. The molecule has 2 aromatic carbocycles. The van der Waals surface area contributed by atoms with Crippen LogP contribution in [-0.4, -0.2) is 40.5 Å². The van der Waals surface area contributed by atoms with Crippen LogP contribution in [0.3, 0.4) is 0 Å². The summed E-state index contributed by atoms with van der Waals surface area (Å²) in [7, 11) is 3.21. The molecule has 0 fully saturated rings. The Balaban J connectivity index is 1.76. The van der Waals surface area contributed by atoms with E-state index in [9.17, 15) is 9.59 Å². The van der Waals surface area contributed by atoms with E-state index in [4.69, 9.17) is 4.74 Å². The zero-order valence-corrected chi connectivity index (χ0v) is 15.5. The number of hydrogen-bond donors (Lipinski definition) is 2. The van der Waals surface area contributed by atoms with Gasteiger partial charge >= 0.3 is 0 Å². The van der Waals surface area contributed by atoms with Crippen molar-refractivity contribution < 1.29 is 14.3 Å². The van der Waals surface area contributed by atoms with Crippen LogP contribution in [0.15, 0.2) is 48.7 Å². The Labute approximate surface area is 161 Å². The predicted molar refractivity (Wildman–Crippen MR) is 103 cm³/mol. The Morgan fingerprint density at radius 3 is 2.64 bits per heavy atom. The van der Waals surface area contributed by atoms with Gasteiger partial charge in [-0.2, -0.15) is 9.90 Å². The third-order valence-corrected chi connectivity index (χ3v) is 4.66. The smallest absolute Gasteiger partial charge is 0.256 e. The molecule has 0 saturated heterocycles. The number of nitrogens with one attached hydrogen (secondary N) is 2. The van der Waals surface area contributed by atoms with Crippen molar-refractivity contribution in [2.45, 2.75) is 5.92 Å². The highest BCUT2D eigenvalue weighted by molar-refractivity contribution is 6.07. The monoisotopic (exact) mass is 377 g/mol. The van der Waals surface area contributed by atoms with Crippen LogP contribution in [0.1, 0.15) is 37.8 Å². The Kier molecular flexibility index (Phi) is 4.52. The summed E-state index contributed by atoms with van der Waals surface area (Å²) in [6.45, 7) is 0.415. The van der Waals surface area contributed by atoms with Crippen molar-refractivity contribution in [3.8, 4) is 5.75 Å². The van der Waals surface area contributed by atoms with Crippen molar-refractivity contribution in [1.82, 2.24) is 20.3 Å². The molecule has 28 heavy (non-hydrogen) atoms. The molecule has 1 aliphatic rings. The average Bonchev–Trinajstić information content (AvgIpc) is 3.33. The Morgan fingerprint density at radius 2 is 1.96 bits per heavy atom. The summed E-state index contributed by atoms with van der Waals surface area (Å²) in [5.74, 6) is 0.129. The molecule has 2 amide bonds. The number of carbonyl (C=O) groups is 2. The molecule has 0 saturated carbocycles. The highest BCUT2D eigenvalue weighted by atomic mass is 16.5. The second-order valence-electron chi connectivity index (χ2n) is 6.47. The van der Waals surface area contributed by atoms with Gasteiger partial charge in [0.1, 0.15) is 5.75 Å². The Hall–Kier alpha value is -3.68. The minimum atomic E-state index is -0.368. The van der Waals surface area contributed by atoms with E-state index >= 15 is 0 Å².